The lowest BCUT2D eigenvalue weighted by Gasteiger charge is -2.18. The molecule has 0 aromatic heterocycles. The molecule has 1 amide bonds. The summed E-state index contributed by atoms with van der Waals surface area (Å²) < 4.78 is 34.0. The molecule has 1 atom stereocenters. The molecule has 174 valence electrons. The summed E-state index contributed by atoms with van der Waals surface area (Å²) in [6.45, 7) is 2.78. The fourth-order valence-corrected chi connectivity index (χ4v) is 3.66. The van der Waals surface area contributed by atoms with Gasteiger partial charge in [-0.25, -0.2) is 0 Å². The van der Waals surface area contributed by atoms with E-state index in [1.807, 2.05) is 0 Å². The van der Waals surface area contributed by atoms with Gasteiger partial charge in [0, 0.05) is 23.8 Å². The number of benzene rings is 2. The number of amides is 1. The summed E-state index contributed by atoms with van der Waals surface area (Å²) in [6.07, 6.45) is 1.67. The Bertz CT molecular complexity index is 944. The molecule has 32 heavy (non-hydrogen) atoms. The van der Waals surface area contributed by atoms with Gasteiger partial charge in [-0.1, -0.05) is 6.07 Å². The molecule has 8 nitrogen and oxygen atoms in total. The van der Waals surface area contributed by atoms with E-state index in [9.17, 15) is 14.5 Å². The highest BCUT2D eigenvalue weighted by atomic mass is 32.2. The Hall–Kier alpha value is -2.88. The molecular weight excluding hydrogens is 434 g/mol. The first-order chi connectivity index (χ1) is 15.1. The van der Waals surface area contributed by atoms with Gasteiger partial charge in [-0.15, -0.1) is 0 Å². The molecule has 0 saturated heterocycles. The van der Waals surface area contributed by atoms with Crippen LogP contribution >= 0.6 is 0 Å². The van der Waals surface area contributed by atoms with E-state index in [0.717, 1.165) is 0 Å². The minimum atomic E-state index is -1.55. The average molecular weight is 464 g/mol. The van der Waals surface area contributed by atoms with E-state index in [-0.39, 0.29) is 5.75 Å². The Labute approximate surface area is 191 Å². The number of ether oxygens (including phenoxy) is 4. The highest BCUT2D eigenvalue weighted by Gasteiger charge is 2.25. The van der Waals surface area contributed by atoms with Crippen LogP contribution in [0, 0.1) is 0 Å². The lowest BCUT2D eigenvalue weighted by atomic mass is 10.1. The second kappa shape index (κ2) is 11.1. The van der Waals surface area contributed by atoms with Crippen LogP contribution in [0.4, 0.5) is 5.69 Å². The molecule has 2 N–H and O–H groups in total. The highest BCUT2D eigenvalue weighted by Crippen LogP contribution is 2.35. The van der Waals surface area contributed by atoms with Gasteiger partial charge in [0.2, 0.25) is 0 Å². The standard InChI is InChI=1S/C23H29NO7S/c1-23(2,26)22(25)24-18-11-15(7-8-19(18)29-4)14-32(27)10-9-17-20(30-5)12-16(28-3)13-21(17)31-6/h7-13,26H,14H2,1-6H3,(H,24,25). The molecule has 2 rings (SSSR count). The summed E-state index contributed by atoms with van der Waals surface area (Å²) in [5.74, 6) is 1.68. The van der Waals surface area contributed by atoms with Crippen molar-refractivity contribution in [3.63, 3.8) is 0 Å². The van der Waals surface area contributed by atoms with Crippen molar-refractivity contribution in [2.24, 2.45) is 0 Å². The number of anilines is 1. The van der Waals surface area contributed by atoms with Crippen LogP contribution in [0.15, 0.2) is 35.7 Å². The molecule has 0 aliphatic heterocycles. The van der Waals surface area contributed by atoms with Crippen LogP contribution < -0.4 is 24.3 Å². The smallest absolute Gasteiger partial charge is 0.255 e. The van der Waals surface area contributed by atoms with Crippen LogP contribution in [0.2, 0.25) is 0 Å². The minimum Gasteiger partial charge on any atom is -0.612 e. The molecule has 2 aromatic carbocycles. The first kappa shape index (κ1) is 25.4. The fourth-order valence-electron chi connectivity index (χ4n) is 2.77. The zero-order chi connectivity index (χ0) is 23.9. The Morgan fingerprint density at radius 3 is 2.12 bits per heavy atom. The van der Waals surface area contributed by atoms with E-state index in [2.05, 4.69) is 5.32 Å². The van der Waals surface area contributed by atoms with E-state index >= 15 is 0 Å². The maximum Gasteiger partial charge on any atom is 0.255 e. The van der Waals surface area contributed by atoms with Crippen LogP contribution in [0.25, 0.3) is 6.08 Å². The average Bonchev–Trinajstić information content (AvgIpc) is 2.76. The highest BCUT2D eigenvalue weighted by molar-refractivity contribution is 7.93. The number of rotatable bonds is 10. The van der Waals surface area contributed by atoms with Gasteiger partial charge in [0.05, 0.1) is 39.7 Å². The lowest BCUT2D eigenvalue weighted by molar-refractivity contribution is -0.130. The number of nitrogens with one attached hydrogen (secondary N) is 1. The Kier molecular flexibility index (Phi) is 8.82. The first-order valence-electron chi connectivity index (χ1n) is 9.69. The summed E-state index contributed by atoms with van der Waals surface area (Å²) in [6, 6.07) is 8.53. The van der Waals surface area contributed by atoms with Crippen molar-refractivity contribution in [3.8, 4) is 23.0 Å². The van der Waals surface area contributed by atoms with Crippen molar-refractivity contribution in [3.05, 3.63) is 46.9 Å². The minimum absolute atomic E-state index is 0.201. The molecule has 0 bridgehead atoms. The zero-order valence-electron chi connectivity index (χ0n) is 19.1. The normalized spacial score (nSPS) is 12.4. The third-order valence-corrected chi connectivity index (χ3v) is 5.57. The molecule has 2 aromatic rings. The number of carbonyl (C=O) groups is 1. The van der Waals surface area contributed by atoms with E-state index in [4.69, 9.17) is 18.9 Å². The lowest BCUT2D eigenvalue weighted by Crippen LogP contribution is -2.36. The Balaban J connectivity index is 2.23. The number of methoxy groups -OCH3 is 4. The predicted octanol–water partition coefficient (Wildman–Crippen LogP) is 3.35. The van der Waals surface area contributed by atoms with Gasteiger partial charge in [-0.2, -0.15) is 0 Å². The molecule has 0 spiro atoms. The van der Waals surface area contributed by atoms with Crippen molar-refractivity contribution < 1.29 is 33.4 Å². The van der Waals surface area contributed by atoms with Crippen molar-refractivity contribution in [2.45, 2.75) is 25.2 Å². The second-order valence-corrected chi connectivity index (χ2v) is 8.64. The summed E-state index contributed by atoms with van der Waals surface area (Å²) in [5.41, 5.74) is 0.186. The third-order valence-electron chi connectivity index (χ3n) is 4.52. The topological polar surface area (TPSA) is 109 Å². The fraction of sp³-hybridized carbons (Fsp3) is 0.348. The monoisotopic (exact) mass is 463 g/mol. The van der Waals surface area contributed by atoms with Gasteiger partial charge in [-0.3, -0.25) is 4.79 Å². The van der Waals surface area contributed by atoms with Crippen molar-refractivity contribution in [1.29, 1.82) is 0 Å². The van der Waals surface area contributed by atoms with Crippen molar-refractivity contribution in [1.82, 2.24) is 0 Å². The van der Waals surface area contributed by atoms with E-state index in [1.165, 1.54) is 35.2 Å². The number of hydrogen-bond donors (Lipinski definition) is 2. The maximum atomic E-state index is 12.7. The molecule has 0 aliphatic carbocycles. The summed E-state index contributed by atoms with van der Waals surface area (Å²) in [4.78, 5) is 12.1. The predicted molar refractivity (Wildman–Crippen MR) is 125 cm³/mol. The molecule has 0 heterocycles. The summed E-state index contributed by atoms with van der Waals surface area (Å²) in [7, 11) is 6.09. The van der Waals surface area contributed by atoms with Crippen LogP contribution in [0.1, 0.15) is 25.0 Å². The van der Waals surface area contributed by atoms with Crippen LogP contribution in [-0.2, 0) is 21.7 Å². The van der Waals surface area contributed by atoms with E-state index < -0.39 is 22.7 Å². The van der Waals surface area contributed by atoms with Crippen LogP contribution in [-0.4, -0.2) is 49.6 Å². The number of hydrogen-bond acceptors (Lipinski definition) is 7. The maximum absolute atomic E-state index is 12.7. The van der Waals surface area contributed by atoms with Gasteiger partial charge < -0.3 is 33.9 Å². The molecule has 0 fully saturated rings. The second-order valence-electron chi connectivity index (χ2n) is 7.32. The molecule has 0 radical (unpaired) electrons. The SMILES string of the molecule is COc1cc(OC)c(C=C[S+]([O-])Cc2ccc(OC)c(NC(=O)C(C)(C)O)c2)c(OC)c1. The van der Waals surface area contributed by atoms with Gasteiger partial charge in [-0.05, 0) is 37.2 Å². The van der Waals surface area contributed by atoms with E-state index in [1.54, 1.807) is 48.9 Å². The Morgan fingerprint density at radius 2 is 1.62 bits per heavy atom. The number of aliphatic hydroxyl groups is 1. The third kappa shape index (κ3) is 6.56. The zero-order valence-corrected chi connectivity index (χ0v) is 19.9. The summed E-state index contributed by atoms with van der Waals surface area (Å²) >= 11 is -1.37. The molecular formula is C23H29NO7S. The Morgan fingerprint density at radius 1 is 1.03 bits per heavy atom. The van der Waals surface area contributed by atoms with E-state index in [0.29, 0.717) is 39.8 Å². The van der Waals surface area contributed by atoms with Gasteiger partial charge in [0.15, 0.2) is 0 Å². The number of carbonyl (C=O) groups excluding carboxylic acids is 1. The molecule has 0 aliphatic rings. The van der Waals surface area contributed by atoms with Gasteiger partial charge in [0.25, 0.3) is 5.91 Å². The van der Waals surface area contributed by atoms with Crippen LogP contribution in [0.3, 0.4) is 0 Å². The van der Waals surface area contributed by atoms with Gasteiger partial charge in [0.1, 0.15) is 39.8 Å². The quantitative estimate of drug-likeness (QED) is 0.520. The largest absolute Gasteiger partial charge is 0.612 e. The first-order valence-corrected chi connectivity index (χ1v) is 11.1. The summed E-state index contributed by atoms with van der Waals surface area (Å²) in [5, 5.41) is 14.1. The molecule has 9 heteroatoms. The van der Waals surface area contributed by atoms with Crippen LogP contribution in [0.5, 0.6) is 23.0 Å². The van der Waals surface area contributed by atoms with Gasteiger partial charge >= 0.3 is 0 Å². The van der Waals surface area contributed by atoms with Crippen molar-refractivity contribution in [2.75, 3.05) is 33.8 Å². The van der Waals surface area contributed by atoms with Crippen molar-refractivity contribution >= 4 is 28.8 Å². The molecule has 1 unspecified atom stereocenters. The molecule has 0 saturated carbocycles.